The minimum Gasteiger partial charge on any atom is -0.372 e. The van der Waals surface area contributed by atoms with E-state index in [0.29, 0.717) is 24.2 Å². The number of sulfonamides is 1. The Bertz CT molecular complexity index is 1290. The van der Waals surface area contributed by atoms with Gasteiger partial charge in [0.05, 0.1) is 10.9 Å². The molecule has 1 amide bonds. The zero-order chi connectivity index (χ0) is 25.2. The maximum absolute atomic E-state index is 13.2. The van der Waals surface area contributed by atoms with Crippen LogP contribution in [-0.4, -0.2) is 42.1 Å². The second-order valence-electron chi connectivity index (χ2n) is 9.82. The van der Waals surface area contributed by atoms with E-state index in [1.54, 1.807) is 37.8 Å². The van der Waals surface area contributed by atoms with Crippen molar-refractivity contribution in [1.29, 1.82) is 0 Å². The van der Waals surface area contributed by atoms with Gasteiger partial charge in [-0.2, -0.15) is 0 Å². The lowest BCUT2D eigenvalue weighted by atomic mass is 10.0. The number of fused-ring (bicyclic) bond motifs is 1. The number of hydrogen-bond acceptors (Lipinski definition) is 5. The van der Waals surface area contributed by atoms with Gasteiger partial charge in [0, 0.05) is 23.3 Å². The molecule has 184 valence electrons. The van der Waals surface area contributed by atoms with Crippen molar-refractivity contribution in [2.45, 2.75) is 56.4 Å². The molecule has 0 bridgehead atoms. The Hall–Kier alpha value is -3.20. The molecule has 0 aromatic heterocycles. The van der Waals surface area contributed by atoms with Crippen LogP contribution in [0, 0.1) is 0 Å². The van der Waals surface area contributed by atoms with Gasteiger partial charge in [0.1, 0.15) is 6.23 Å². The number of amides is 1. The summed E-state index contributed by atoms with van der Waals surface area (Å²) in [6.45, 7) is 5.76. The first kappa shape index (κ1) is 24.9. The molecule has 7 nitrogen and oxygen atoms in total. The normalized spacial score (nSPS) is 15.5. The molecule has 4 rings (SSSR count). The molecule has 0 radical (unpaired) electrons. The summed E-state index contributed by atoms with van der Waals surface area (Å²) in [6.07, 6.45) is -0.625. The molecule has 0 fully saturated rings. The number of carbonyl (C=O) groups excluding carboxylic acids is 1. The van der Waals surface area contributed by atoms with Crippen molar-refractivity contribution in [3.63, 3.8) is 0 Å². The number of anilines is 1. The summed E-state index contributed by atoms with van der Waals surface area (Å²) < 4.78 is 27.8. The van der Waals surface area contributed by atoms with Crippen molar-refractivity contribution in [2.75, 3.05) is 5.32 Å². The van der Waals surface area contributed by atoms with E-state index in [-0.39, 0.29) is 10.8 Å². The van der Waals surface area contributed by atoms with E-state index in [1.807, 2.05) is 54.6 Å². The van der Waals surface area contributed by atoms with Gasteiger partial charge in [0.15, 0.2) is 0 Å². The maximum atomic E-state index is 13.2. The van der Waals surface area contributed by atoms with Crippen LogP contribution in [-0.2, 0) is 23.0 Å². The summed E-state index contributed by atoms with van der Waals surface area (Å²) in [4.78, 5) is 15.0. The van der Waals surface area contributed by atoms with E-state index in [4.69, 9.17) is 0 Å². The highest BCUT2D eigenvalue weighted by molar-refractivity contribution is 7.89. The molecule has 1 aliphatic heterocycles. The molecule has 1 heterocycles. The first-order chi connectivity index (χ1) is 16.5. The number of rotatable bonds is 8. The zero-order valence-electron chi connectivity index (χ0n) is 20.1. The van der Waals surface area contributed by atoms with Crippen LogP contribution in [0.25, 0.3) is 0 Å². The molecule has 0 saturated heterocycles. The first-order valence-electron chi connectivity index (χ1n) is 11.5. The molecule has 3 N–H and O–H groups in total. The SMILES string of the molecule is CC(C)(C)NS(=O)(=O)c1ccc(NC(O)[C@H](Cc2ccccc2)N2Cc3ccccc3C2=O)cc1. The summed E-state index contributed by atoms with van der Waals surface area (Å²) in [5.41, 5.74) is 2.53. The maximum Gasteiger partial charge on any atom is 0.254 e. The van der Waals surface area contributed by atoms with Crippen molar-refractivity contribution < 1.29 is 18.3 Å². The number of aliphatic hydroxyl groups is 1. The van der Waals surface area contributed by atoms with E-state index in [2.05, 4.69) is 10.0 Å². The molecule has 1 aliphatic rings. The van der Waals surface area contributed by atoms with Crippen molar-refractivity contribution >= 4 is 21.6 Å². The highest BCUT2D eigenvalue weighted by Crippen LogP contribution is 2.28. The Morgan fingerprint density at radius 2 is 1.57 bits per heavy atom. The van der Waals surface area contributed by atoms with Crippen molar-refractivity contribution in [3.05, 3.63) is 95.6 Å². The Kier molecular flexibility index (Phi) is 6.98. The third-order valence-corrected chi connectivity index (χ3v) is 7.60. The van der Waals surface area contributed by atoms with Crippen molar-refractivity contribution in [2.24, 2.45) is 0 Å². The Labute approximate surface area is 206 Å². The van der Waals surface area contributed by atoms with Gasteiger partial charge >= 0.3 is 0 Å². The number of aliphatic hydroxyl groups excluding tert-OH is 1. The van der Waals surface area contributed by atoms with Crippen LogP contribution in [0.1, 0.15) is 42.3 Å². The second kappa shape index (κ2) is 9.81. The van der Waals surface area contributed by atoms with Crippen molar-refractivity contribution in [3.8, 4) is 0 Å². The molecule has 0 saturated carbocycles. The number of benzene rings is 3. The van der Waals surface area contributed by atoms with E-state index >= 15 is 0 Å². The fraction of sp³-hybridized carbons (Fsp3) is 0.296. The number of nitrogens with one attached hydrogen (secondary N) is 2. The van der Waals surface area contributed by atoms with Crippen LogP contribution < -0.4 is 10.0 Å². The van der Waals surface area contributed by atoms with Gasteiger partial charge in [-0.15, -0.1) is 0 Å². The Balaban J connectivity index is 1.55. The summed E-state index contributed by atoms with van der Waals surface area (Å²) >= 11 is 0. The lowest BCUT2D eigenvalue weighted by Crippen LogP contribution is -2.48. The second-order valence-corrected chi connectivity index (χ2v) is 11.5. The molecular weight excluding hydrogens is 462 g/mol. The Morgan fingerprint density at radius 3 is 2.20 bits per heavy atom. The van der Waals surface area contributed by atoms with Gasteiger partial charge in [0.25, 0.3) is 5.91 Å². The topological polar surface area (TPSA) is 98.7 Å². The Morgan fingerprint density at radius 1 is 0.943 bits per heavy atom. The number of carbonyl (C=O) groups is 1. The molecule has 0 aliphatic carbocycles. The predicted octanol–water partition coefficient (Wildman–Crippen LogP) is 3.76. The fourth-order valence-electron chi connectivity index (χ4n) is 4.25. The average molecular weight is 494 g/mol. The van der Waals surface area contributed by atoms with Gasteiger partial charge < -0.3 is 15.3 Å². The lowest BCUT2D eigenvalue weighted by Gasteiger charge is -2.33. The van der Waals surface area contributed by atoms with Crippen LogP contribution in [0.2, 0.25) is 0 Å². The standard InChI is InChI=1S/C27H31N3O4S/c1-27(2,3)29-35(33,34)22-15-13-21(14-16-22)28-25(31)24(17-19-9-5-4-6-10-19)30-18-20-11-7-8-12-23(20)26(30)32/h4-16,24-25,28-29,31H,17-18H2,1-3H3/t24-,25?/m0/s1. The summed E-state index contributed by atoms with van der Waals surface area (Å²) in [5.74, 6) is -0.114. The highest BCUT2D eigenvalue weighted by atomic mass is 32.2. The zero-order valence-corrected chi connectivity index (χ0v) is 20.9. The molecule has 0 spiro atoms. The fourth-order valence-corrected chi connectivity index (χ4v) is 5.67. The number of nitrogens with zero attached hydrogens (tertiary/aromatic N) is 1. The smallest absolute Gasteiger partial charge is 0.254 e. The minimum atomic E-state index is -3.66. The van der Waals surface area contributed by atoms with E-state index in [1.165, 1.54) is 12.1 Å². The highest BCUT2D eigenvalue weighted by Gasteiger charge is 2.36. The van der Waals surface area contributed by atoms with Crippen LogP contribution in [0.4, 0.5) is 5.69 Å². The van der Waals surface area contributed by atoms with Crippen LogP contribution in [0.15, 0.2) is 83.8 Å². The number of hydrogen-bond donors (Lipinski definition) is 3. The molecule has 2 atom stereocenters. The quantitative estimate of drug-likeness (QED) is 0.415. The largest absolute Gasteiger partial charge is 0.372 e. The molecular formula is C27H31N3O4S. The van der Waals surface area contributed by atoms with Gasteiger partial charge in [0.2, 0.25) is 10.0 Å². The van der Waals surface area contributed by atoms with Crippen LogP contribution in [0.3, 0.4) is 0 Å². The third kappa shape index (κ3) is 5.90. The molecule has 35 heavy (non-hydrogen) atoms. The van der Waals surface area contributed by atoms with Gasteiger partial charge in [-0.3, -0.25) is 4.79 Å². The monoisotopic (exact) mass is 493 g/mol. The molecule has 1 unspecified atom stereocenters. The average Bonchev–Trinajstić information content (AvgIpc) is 3.13. The first-order valence-corrected chi connectivity index (χ1v) is 13.0. The van der Waals surface area contributed by atoms with Crippen LogP contribution >= 0.6 is 0 Å². The third-order valence-electron chi connectivity index (χ3n) is 5.82. The molecule has 3 aromatic carbocycles. The molecule has 8 heteroatoms. The van der Waals surface area contributed by atoms with Gasteiger partial charge in [-0.25, -0.2) is 13.1 Å². The van der Waals surface area contributed by atoms with Gasteiger partial charge in [-0.05, 0) is 68.7 Å². The van der Waals surface area contributed by atoms with Crippen LogP contribution in [0.5, 0.6) is 0 Å². The predicted molar refractivity (Wildman–Crippen MR) is 136 cm³/mol. The summed E-state index contributed by atoms with van der Waals surface area (Å²) in [7, 11) is -3.66. The van der Waals surface area contributed by atoms with E-state index in [9.17, 15) is 18.3 Å². The lowest BCUT2D eigenvalue weighted by molar-refractivity contribution is 0.0455. The van der Waals surface area contributed by atoms with Gasteiger partial charge in [-0.1, -0.05) is 48.5 Å². The molecule has 3 aromatic rings. The van der Waals surface area contributed by atoms with E-state index < -0.39 is 27.8 Å². The summed E-state index contributed by atoms with van der Waals surface area (Å²) in [6, 6.07) is 22.9. The van der Waals surface area contributed by atoms with Crippen molar-refractivity contribution in [1.82, 2.24) is 9.62 Å². The minimum absolute atomic E-state index is 0.114. The summed E-state index contributed by atoms with van der Waals surface area (Å²) in [5, 5.41) is 14.3. The van der Waals surface area contributed by atoms with E-state index in [0.717, 1.165) is 11.1 Å².